The second-order valence-corrected chi connectivity index (χ2v) is 6.03. The molecule has 1 fully saturated rings. The van der Waals surface area contributed by atoms with Gasteiger partial charge in [-0.15, -0.1) is 0 Å². The van der Waals surface area contributed by atoms with Crippen molar-refractivity contribution in [1.82, 2.24) is 10.2 Å². The van der Waals surface area contributed by atoms with Gasteiger partial charge in [0.1, 0.15) is 0 Å². The number of nitrogens with zero attached hydrogens (tertiary/aromatic N) is 1. The highest BCUT2D eigenvalue weighted by Gasteiger charge is 2.24. The molecule has 1 atom stereocenters. The minimum absolute atomic E-state index is 0.0855. The Morgan fingerprint density at radius 1 is 1.30 bits per heavy atom. The van der Waals surface area contributed by atoms with Gasteiger partial charge in [-0.25, -0.2) is 4.79 Å². The molecule has 0 spiro atoms. The van der Waals surface area contributed by atoms with Gasteiger partial charge >= 0.3 is 5.97 Å². The summed E-state index contributed by atoms with van der Waals surface area (Å²) in [7, 11) is 1.35. The Balaban J connectivity index is 1.85. The van der Waals surface area contributed by atoms with Crippen LogP contribution in [0.5, 0.6) is 0 Å². The summed E-state index contributed by atoms with van der Waals surface area (Å²) in [5.74, 6) is -0.452. The molecule has 0 saturated carbocycles. The zero-order chi connectivity index (χ0) is 16.8. The Kier molecular flexibility index (Phi) is 5.93. The molecule has 1 N–H and O–H groups in total. The molecule has 0 bridgehead atoms. The van der Waals surface area contributed by atoms with Crippen LogP contribution in [0.2, 0.25) is 0 Å². The third-order valence-electron chi connectivity index (χ3n) is 4.06. The maximum Gasteiger partial charge on any atom is 0.337 e. The SMILES string of the molecule is COC(=O)c1ccc(/C=C/C(=O)N[C@@H]2CCN(C(C)C)C2)cc1. The van der Waals surface area contributed by atoms with Crippen LogP contribution in [0.4, 0.5) is 0 Å². The van der Waals surface area contributed by atoms with Crippen LogP contribution in [0.1, 0.15) is 36.2 Å². The number of methoxy groups -OCH3 is 1. The van der Waals surface area contributed by atoms with E-state index in [1.165, 1.54) is 13.2 Å². The van der Waals surface area contributed by atoms with Crippen LogP contribution in [0, 0.1) is 0 Å². The van der Waals surface area contributed by atoms with Gasteiger partial charge in [0.2, 0.25) is 5.91 Å². The van der Waals surface area contributed by atoms with Crippen molar-refractivity contribution in [3.05, 3.63) is 41.5 Å². The number of nitrogens with one attached hydrogen (secondary N) is 1. The summed E-state index contributed by atoms with van der Waals surface area (Å²) >= 11 is 0. The molecular weight excluding hydrogens is 292 g/mol. The first-order valence-electron chi connectivity index (χ1n) is 7.90. The molecule has 23 heavy (non-hydrogen) atoms. The summed E-state index contributed by atoms with van der Waals surface area (Å²) in [6, 6.07) is 7.66. The number of benzene rings is 1. The predicted molar refractivity (Wildman–Crippen MR) is 90.1 cm³/mol. The molecule has 1 amide bonds. The first kappa shape index (κ1) is 17.2. The van der Waals surface area contributed by atoms with E-state index in [4.69, 9.17) is 0 Å². The fraction of sp³-hybridized carbons (Fsp3) is 0.444. The maximum absolute atomic E-state index is 12.0. The number of likely N-dealkylation sites (tertiary alicyclic amines) is 1. The first-order valence-corrected chi connectivity index (χ1v) is 7.90. The van der Waals surface area contributed by atoms with Crippen molar-refractivity contribution in [2.45, 2.75) is 32.4 Å². The Hall–Kier alpha value is -2.14. The van der Waals surface area contributed by atoms with E-state index in [-0.39, 0.29) is 17.9 Å². The van der Waals surface area contributed by atoms with Gasteiger partial charge in [-0.2, -0.15) is 0 Å². The highest BCUT2D eigenvalue weighted by atomic mass is 16.5. The highest BCUT2D eigenvalue weighted by molar-refractivity contribution is 5.92. The van der Waals surface area contributed by atoms with Crippen LogP contribution < -0.4 is 5.32 Å². The molecule has 0 radical (unpaired) electrons. The molecule has 5 heteroatoms. The van der Waals surface area contributed by atoms with Gasteiger partial charge in [0.15, 0.2) is 0 Å². The quantitative estimate of drug-likeness (QED) is 0.667. The molecule has 0 aliphatic carbocycles. The number of carbonyl (C=O) groups excluding carboxylic acids is 2. The van der Waals surface area contributed by atoms with Crippen LogP contribution >= 0.6 is 0 Å². The summed E-state index contributed by atoms with van der Waals surface area (Å²) in [6.07, 6.45) is 4.27. The van der Waals surface area contributed by atoms with Crippen molar-refractivity contribution in [2.24, 2.45) is 0 Å². The molecule has 1 saturated heterocycles. The lowest BCUT2D eigenvalue weighted by Gasteiger charge is -2.20. The van der Waals surface area contributed by atoms with E-state index < -0.39 is 0 Å². The third-order valence-corrected chi connectivity index (χ3v) is 4.06. The maximum atomic E-state index is 12.0. The topological polar surface area (TPSA) is 58.6 Å². The molecule has 1 aliphatic rings. The summed E-state index contributed by atoms with van der Waals surface area (Å²) in [5.41, 5.74) is 1.36. The Morgan fingerprint density at radius 3 is 2.57 bits per heavy atom. The van der Waals surface area contributed by atoms with Crippen molar-refractivity contribution >= 4 is 18.0 Å². The molecule has 124 valence electrons. The summed E-state index contributed by atoms with van der Waals surface area (Å²) < 4.78 is 4.65. The van der Waals surface area contributed by atoms with Crippen molar-refractivity contribution < 1.29 is 14.3 Å². The molecule has 1 heterocycles. The minimum Gasteiger partial charge on any atom is -0.465 e. The van der Waals surface area contributed by atoms with Gasteiger partial charge in [-0.3, -0.25) is 9.69 Å². The molecule has 5 nitrogen and oxygen atoms in total. The van der Waals surface area contributed by atoms with Crippen LogP contribution in [0.25, 0.3) is 6.08 Å². The summed E-state index contributed by atoms with van der Waals surface area (Å²) in [4.78, 5) is 25.7. The number of hydrogen-bond acceptors (Lipinski definition) is 4. The van der Waals surface area contributed by atoms with E-state index in [2.05, 4.69) is 28.8 Å². The number of rotatable bonds is 5. The normalized spacial score (nSPS) is 18.5. The second kappa shape index (κ2) is 7.92. The van der Waals surface area contributed by atoms with Gasteiger partial charge in [0.05, 0.1) is 12.7 Å². The fourth-order valence-corrected chi connectivity index (χ4v) is 2.64. The minimum atomic E-state index is -0.366. The molecule has 1 aliphatic heterocycles. The number of ether oxygens (including phenoxy) is 1. The van der Waals surface area contributed by atoms with Crippen LogP contribution in [0.3, 0.4) is 0 Å². The van der Waals surface area contributed by atoms with E-state index in [1.807, 2.05) is 0 Å². The largest absolute Gasteiger partial charge is 0.465 e. The number of esters is 1. The molecule has 2 rings (SSSR count). The van der Waals surface area contributed by atoms with E-state index in [1.54, 1.807) is 30.3 Å². The first-order chi connectivity index (χ1) is 11.0. The monoisotopic (exact) mass is 316 g/mol. The standard InChI is InChI=1S/C18H24N2O3/c1-13(2)20-11-10-16(12-20)19-17(21)9-6-14-4-7-15(8-5-14)18(22)23-3/h4-9,13,16H,10-12H2,1-3H3,(H,19,21)/b9-6+/t16-/m1/s1. The molecule has 1 aromatic rings. The van der Waals surface area contributed by atoms with E-state index in [9.17, 15) is 9.59 Å². The zero-order valence-corrected chi connectivity index (χ0v) is 13.9. The van der Waals surface area contributed by atoms with Gasteiger partial charge in [0.25, 0.3) is 0 Å². The van der Waals surface area contributed by atoms with Crippen molar-refractivity contribution in [2.75, 3.05) is 20.2 Å². The van der Waals surface area contributed by atoms with Crippen molar-refractivity contribution in [3.63, 3.8) is 0 Å². The van der Waals surface area contributed by atoms with E-state index >= 15 is 0 Å². The summed E-state index contributed by atoms with van der Waals surface area (Å²) in [6.45, 7) is 6.27. The zero-order valence-electron chi connectivity index (χ0n) is 13.9. The third kappa shape index (κ3) is 4.93. The van der Waals surface area contributed by atoms with Gasteiger partial charge in [-0.05, 0) is 44.0 Å². The average Bonchev–Trinajstić information content (AvgIpc) is 3.01. The van der Waals surface area contributed by atoms with Gasteiger partial charge in [0, 0.05) is 31.2 Å². The average molecular weight is 316 g/mol. The van der Waals surface area contributed by atoms with Crippen molar-refractivity contribution in [3.8, 4) is 0 Å². The Labute approximate surface area is 137 Å². The number of hydrogen-bond donors (Lipinski definition) is 1. The molecule has 1 aromatic carbocycles. The number of carbonyl (C=O) groups is 2. The lowest BCUT2D eigenvalue weighted by atomic mass is 10.1. The summed E-state index contributed by atoms with van der Waals surface area (Å²) in [5, 5.41) is 3.03. The molecule has 0 aromatic heterocycles. The molecular formula is C18H24N2O3. The Morgan fingerprint density at radius 2 is 2.00 bits per heavy atom. The highest BCUT2D eigenvalue weighted by Crippen LogP contribution is 2.12. The van der Waals surface area contributed by atoms with Gasteiger partial charge < -0.3 is 10.1 Å². The van der Waals surface area contributed by atoms with Crippen LogP contribution in [0.15, 0.2) is 30.3 Å². The lowest BCUT2D eigenvalue weighted by molar-refractivity contribution is -0.117. The van der Waals surface area contributed by atoms with Crippen molar-refractivity contribution in [1.29, 1.82) is 0 Å². The smallest absolute Gasteiger partial charge is 0.337 e. The van der Waals surface area contributed by atoms with Crippen LogP contribution in [-0.2, 0) is 9.53 Å². The predicted octanol–water partition coefficient (Wildman–Crippen LogP) is 2.09. The number of amides is 1. The van der Waals surface area contributed by atoms with E-state index in [0.29, 0.717) is 11.6 Å². The van der Waals surface area contributed by atoms with Crippen LogP contribution in [-0.4, -0.2) is 49.1 Å². The second-order valence-electron chi connectivity index (χ2n) is 6.03. The van der Waals surface area contributed by atoms with Gasteiger partial charge in [-0.1, -0.05) is 12.1 Å². The lowest BCUT2D eigenvalue weighted by Crippen LogP contribution is -2.37. The molecule has 0 unspecified atom stereocenters. The Bertz CT molecular complexity index is 578. The fourth-order valence-electron chi connectivity index (χ4n) is 2.64. The van der Waals surface area contributed by atoms with E-state index in [0.717, 1.165) is 25.1 Å².